The second-order valence-electron chi connectivity index (χ2n) is 7.30. The van der Waals surface area contributed by atoms with Gasteiger partial charge in [-0.05, 0) is 49.1 Å². The van der Waals surface area contributed by atoms with E-state index in [2.05, 4.69) is 0 Å². The number of aromatic hydroxyl groups is 1. The summed E-state index contributed by atoms with van der Waals surface area (Å²) in [6, 6.07) is 7.86. The lowest BCUT2D eigenvalue weighted by molar-refractivity contribution is -0.385. The second kappa shape index (κ2) is 7.98. The lowest BCUT2D eigenvalue weighted by Crippen LogP contribution is -2.30. The van der Waals surface area contributed by atoms with Crippen molar-refractivity contribution >= 4 is 23.1 Å². The number of nitrogens with zero attached hydrogens (tertiary/aromatic N) is 2. The summed E-state index contributed by atoms with van der Waals surface area (Å²) in [7, 11) is 0. The van der Waals surface area contributed by atoms with Gasteiger partial charge in [0.2, 0.25) is 0 Å². The van der Waals surface area contributed by atoms with E-state index in [9.17, 15) is 29.9 Å². The first-order valence-electron chi connectivity index (χ1n) is 9.50. The summed E-state index contributed by atoms with van der Waals surface area (Å²) in [4.78, 5) is 37.3. The molecule has 0 saturated carbocycles. The average molecular weight is 410 g/mol. The van der Waals surface area contributed by atoms with Crippen molar-refractivity contribution in [2.45, 2.75) is 33.2 Å². The monoisotopic (exact) mass is 410 g/mol. The summed E-state index contributed by atoms with van der Waals surface area (Å²) in [6.07, 6.45) is 0.549. The van der Waals surface area contributed by atoms with Gasteiger partial charge in [0.05, 0.1) is 16.5 Å². The minimum atomic E-state index is -0.995. The number of phenols is 1. The van der Waals surface area contributed by atoms with Crippen LogP contribution in [0.4, 0.5) is 5.69 Å². The molecule has 0 radical (unpaired) electrons. The molecule has 8 nitrogen and oxygen atoms in total. The molecular weight excluding hydrogens is 388 g/mol. The van der Waals surface area contributed by atoms with Crippen LogP contribution in [-0.2, 0) is 9.59 Å². The number of hydrogen-bond acceptors (Lipinski definition) is 6. The topological polar surface area (TPSA) is 121 Å². The Balaban J connectivity index is 2.25. The molecule has 2 N–H and O–H groups in total. The van der Waals surface area contributed by atoms with Crippen LogP contribution >= 0.6 is 0 Å². The van der Waals surface area contributed by atoms with E-state index in [1.807, 2.05) is 20.8 Å². The Morgan fingerprint density at radius 3 is 2.43 bits per heavy atom. The first kappa shape index (κ1) is 21.0. The van der Waals surface area contributed by atoms with E-state index in [0.717, 1.165) is 23.3 Å². The Labute approximate surface area is 173 Å². The first-order valence-corrected chi connectivity index (χ1v) is 9.50. The molecule has 0 aromatic heterocycles. The van der Waals surface area contributed by atoms with Gasteiger partial charge in [-0.1, -0.05) is 25.1 Å². The number of aliphatic hydroxyl groups excluding tert-OH is 1. The fourth-order valence-corrected chi connectivity index (χ4v) is 3.60. The zero-order valence-corrected chi connectivity index (χ0v) is 16.9. The summed E-state index contributed by atoms with van der Waals surface area (Å²) in [6.45, 7) is 5.84. The number of carbonyl (C=O) groups excluding carboxylic acids is 2. The molecule has 1 atom stereocenters. The number of ketones is 1. The number of aryl methyl sites for hydroxylation is 2. The molecule has 0 aliphatic carbocycles. The van der Waals surface area contributed by atoms with Crippen LogP contribution in [0.3, 0.4) is 0 Å². The maximum absolute atomic E-state index is 12.8. The van der Waals surface area contributed by atoms with Gasteiger partial charge in [0.25, 0.3) is 11.7 Å². The Hall–Kier alpha value is -3.68. The molecule has 156 valence electrons. The number of aliphatic hydroxyl groups is 1. The van der Waals surface area contributed by atoms with Crippen molar-refractivity contribution < 1.29 is 24.7 Å². The van der Waals surface area contributed by atoms with Gasteiger partial charge in [-0.2, -0.15) is 0 Å². The van der Waals surface area contributed by atoms with E-state index in [1.54, 1.807) is 18.2 Å². The predicted octanol–water partition coefficient (Wildman–Crippen LogP) is 3.75. The molecule has 30 heavy (non-hydrogen) atoms. The largest absolute Gasteiger partial charge is 0.507 e. The normalized spacial score (nSPS) is 18.1. The highest BCUT2D eigenvalue weighted by Gasteiger charge is 2.46. The van der Waals surface area contributed by atoms with Crippen molar-refractivity contribution in [2.24, 2.45) is 0 Å². The van der Waals surface area contributed by atoms with E-state index < -0.39 is 34.1 Å². The van der Waals surface area contributed by atoms with Gasteiger partial charge < -0.3 is 15.1 Å². The summed E-state index contributed by atoms with van der Waals surface area (Å²) >= 11 is 0. The number of Topliss-reactive ketones (excluding diaryl/α,β-unsaturated/α-hetero) is 1. The molecule has 1 unspecified atom stereocenters. The quantitative estimate of drug-likeness (QED) is 0.255. The van der Waals surface area contributed by atoms with Gasteiger partial charge in [0.1, 0.15) is 5.76 Å². The SMILES string of the molecule is CCCN1C(=O)C(=O)/C(=C(\O)c2ccc(C)c(C)c2)C1c1ccc(O)c([N+](=O)[O-])c1. The van der Waals surface area contributed by atoms with Crippen LogP contribution in [0, 0.1) is 24.0 Å². The maximum Gasteiger partial charge on any atom is 0.311 e. The molecule has 1 amide bonds. The maximum atomic E-state index is 12.8. The van der Waals surface area contributed by atoms with Crippen molar-refractivity contribution in [3.05, 3.63) is 74.3 Å². The molecule has 0 spiro atoms. The first-order chi connectivity index (χ1) is 14.2. The van der Waals surface area contributed by atoms with E-state index in [0.29, 0.717) is 12.0 Å². The number of benzene rings is 2. The van der Waals surface area contributed by atoms with E-state index in [-0.39, 0.29) is 23.4 Å². The lowest BCUT2D eigenvalue weighted by Gasteiger charge is -2.24. The minimum absolute atomic E-state index is 0.128. The average Bonchev–Trinajstić information content (AvgIpc) is 2.95. The van der Waals surface area contributed by atoms with Gasteiger partial charge in [-0.15, -0.1) is 0 Å². The molecule has 1 aliphatic rings. The molecule has 1 fully saturated rings. The molecule has 2 aromatic rings. The van der Waals surface area contributed by atoms with Crippen LogP contribution in [0.15, 0.2) is 42.0 Å². The number of hydrogen-bond donors (Lipinski definition) is 2. The second-order valence-corrected chi connectivity index (χ2v) is 7.30. The van der Waals surface area contributed by atoms with Crippen LogP contribution in [0.1, 0.15) is 41.6 Å². The number of nitro groups is 1. The molecule has 2 aromatic carbocycles. The molecule has 1 aliphatic heterocycles. The predicted molar refractivity (Wildman–Crippen MR) is 110 cm³/mol. The number of carbonyl (C=O) groups is 2. The summed E-state index contributed by atoms with van der Waals surface area (Å²) in [5, 5.41) is 32.0. The molecule has 1 heterocycles. The highest BCUT2D eigenvalue weighted by molar-refractivity contribution is 6.46. The van der Waals surface area contributed by atoms with Crippen molar-refractivity contribution in [3.8, 4) is 5.75 Å². The van der Waals surface area contributed by atoms with Crippen molar-refractivity contribution in [3.63, 3.8) is 0 Å². The van der Waals surface area contributed by atoms with Gasteiger partial charge in [0, 0.05) is 18.2 Å². The third-order valence-electron chi connectivity index (χ3n) is 5.30. The summed E-state index contributed by atoms with van der Waals surface area (Å²) in [5.41, 5.74) is 1.88. The lowest BCUT2D eigenvalue weighted by atomic mass is 9.94. The van der Waals surface area contributed by atoms with Crippen LogP contribution in [-0.4, -0.2) is 38.3 Å². The zero-order valence-electron chi connectivity index (χ0n) is 16.9. The van der Waals surface area contributed by atoms with Crippen molar-refractivity contribution in [1.29, 1.82) is 0 Å². The van der Waals surface area contributed by atoms with Gasteiger partial charge >= 0.3 is 5.69 Å². The fourth-order valence-electron chi connectivity index (χ4n) is 3.60. The summed E-state index contributed by atoms with van der Waals surface area (Å²) < 4.78 is 0. The third kappa shape index (κ3) is 3.52. The highest BCUT2D eigenvalue weighted by Crippen LogP contribution is 2.41. The smallest absolute Gasteiger partial charge is 0.311 e. The number of amides is 1. The van der Waals surface area contributed by atoms with Gasteiger partial charge in [0.15, 0.2) is 5.75 Å². The molecule has 8 heteroatoms. The molecular formula is C22H22N2O6. The zero-order chi connectivity index (χ0) is 22.2. The van der Waals surface area contributed by atoms with Crippen molar-refractivity contribution in [2.75, 3.05) is 6.54 Å². The standard InChI is InChI=1S/C22H22N2O6/c1-4-9-23-19(14-7-8-17(25)16(11-14)24(29)30)18(21(27)22(23)28)20(26)15-6-5-12(2)13(3)10-15/h5-8,10-11,19,25-26H,4,9H2,1-3H3/b20-18-. The Kier molecular flexibility index (Phi) is 5.60. The summed E-state index contributed by atoms with van der Waals surface area (Å²) in [5.74, 6) is -2.48. The van der Waals surface area contributed by atoms with E-state index in [4.69, 9.17) is 0 Å². The third-order valence-corrected chi connectivity index (χ3v) is 5.30. The van der Waals surface area contributed by atoms with E-state index >= 15 is 0 Å². The highest BCUT2D eigenvalue weighted by atomic mass is 16.6. The van der Waals surface area contributed by atoms with Crippen LogP contribution in [0.25, 0.3) is 5.76 Å². The fraction of sp³-hybridized carbons (Fsp3) is 0.273. The number of rotatable bonds is 5. The Bertz CT molecular complexity index is 1090. The number of nitro benzene ring substituents is 1. The van der Waals surface area contributed by atoms with Crippen molar-refractivity contribution in [1.82, 2.24) is 4.90 Å². The molecule has 1 saturated heterocycles. The minimum Gasteiger partial charge on any atom is -0.507 e. The van der Waals surface area contributed by atoms with Crippen LogP contribution in [0.5, 0.6) is 5.75 Å². The van der Waals surface area contributed by atoms with Gasteiger partial charge in [-0.25, -0.2) is 0 Å². The number of likely N-dealkylation sites (tertiary alicyclic amines) is 1. The molecule has 0 bridgehead atoms. The molecule has 3 rings (SSSR count). The van der Waals surface area contributed by atoms with Crippen LogP contribution < -0.4 is 0 Å². The number of phenolic OH excluding ortho intramolecular Hbond substituents is 1. The Morgan fingerprint density at radius 1 is 1.13 bits per heavy atom. The van der Waals surface area contributed by atoms with E-state index in [1.165, 1.54) is 11.0 Å². The Morgan fingerprint density at radius 2 is 1.83 bits per heavy atom. The van der Waals surface area contributed by atoms with Gasteiger partial charge in [-0.3, -0.25) is 19.7 Å². The van der Waals surface area contributed by atoms with Crippen LogP contribution in [0.2, 0.25) is 0 Å².